The maximum atomic E-state index is 13.3. The fourth-order valence-electron chi connectivity index (χ4n) is 2.10. The highest BCUT2D eigenvalue weighted by Crippen LogP contribution is 2.30. The fraction of sp³-hybridized carbons (Fsp3) is 0.125. The maximum Gasteiger partial charge on any atom is 0.247 e. The van der Waals surface area contributed by atoms with Crippen molar-refractivity contribution in [1.29, 1.82) is 0 Å². The molecule has 124 valence electrons. The number of benzene rings is 2. The van der Waals surface area contributed by atoms with Gasteiger partial charge in [0.05, 0.1) is 25.6 Å². The second-order valence-corrected chi connectivity index (χ2v) is 4.80. The SMILES string of the molecule is COc1ccc(OC)c(Nc2ncn(-c3ccc(F)c(F)c3)n2)c1. The molecule has 6 nitrogen and oxygen atoms in total. The van der Waals surface area contributed by atoms with Crippen LogP contribution in [-0.2, 0) is 0 Å². The van der Waals surface area contributed by atoms with Crippen molar-refractivity contribution < 1.29 is 18.3 Å². The molecule has 0 saturated carbocycles. The summed E-state index contributed by atoms with van der Waals surface area (Å²) in [4.78, 5) is 4.10. The van der Waals surface area contributed by atoms with Crippen molar-refractivity contribution in [2.45, 2.75) is 0 Å². The minimum atomic E-state index is -0.952. The molecule has 2 aromatic carbocycles. The van der Waals surface area contributed by atoms with Crippen molar-refractivity contribution in [3.05, 3.63) is 54.4 Å². The van der Waals surface area contributed by atoms with Crippen LogP contribution in [-0.4, -0.2) is 29.0 Å². The second kappa shape index (κ2) is 6.53. The van der Waals surface area contributed by atoms with E-state index in [1.807, 2.05) is 0 Å². The lowest BCUT2D eigenvalue weighted by atomic mass is 10.2. The number of hydrogen-bond donors (Lipinski definition) is 1. The zero-order chi connectivity index (χ0) is 17.1. The molecule has 0 unspecified atom stereocenters. The van der Waals surface area contributed by atoms with Gasteiger partial charge < -0.3 is 14.8 Å². The van der Waals surface area contributed by atoms with Gasteiger partial charge in [-0.25, -0.2) is 13.5 Å². The highest BCUT2D eigenvalue weighted by Gasteiger charge is 2.10. The van der Waals surface area contributed by atoms with E-state index in [1.54, 1.807) is 32.4 Å². The first-order valence-corrected chi connectivity index (χ1v) is 6.97. The fourth-order valence-corrected chi connectivity index (χ4v) is 2.10. The number of rotatable bonds is 5. The predicted octanol–water partition coefficient (Wildman–Crippen LogP) is 3.31. The number of methoxy groups -OCH3 is 2. The molecular weight excluding hydrogens is 318 g/mol. The number of aromatic nitrogens is 3. The molecule has 1 aromatic heterocycles. The van der Waals surface area contributed by atoms with E-state index < -0.39 is 11.6 Å². The molecule has 0 radical (unpaired) electrons. The minimum absolute atomic E-state index is 0.270. The first kappa shape index (κ1) is 15.7. The van der Waals surface area contributed by atoms with Gasteiger partial charge in [-0.05, 0) is 24.3 Å². The molecule has 0 saturated heterocycles. The summed E-state index contributed by atoms with van der Waals surface area (Å²) in [6.07, 6.45) is 1.39. The number of hydrogen-bond acceptors (Lipinski definition) is 5. The molecular formula is C16H14F2N4O2. The van der Waals surface area contributed by atoms with E-state index in [2.05, 4.69) is 15.4 Å². The monoisotopic (exact) mass is 332 g/mol. The number of ether oxygens (including phenoxy) is 2. The summed E-state index contributed by atoms with van der Waals surface area (Å²) >= 11 is 0. The van der Waals surface area contributed by atoms with Crippen molar-refractivity contribution in [1.82, 2.24) is 14.8 Å². The topological polar surface area (TPSA) is 61.2 Å². The van der Waals surface area contributed by atoms with Crippen LogP contribution in [0.2, 0.25) is 0 Å². The Kier molecular flexibility index (Phi) is 4.28. The Hall–Kier alpha value is -3.16. The standard InChI is InChI=1S/C16H14F2N4O2/c1-23-11-4-6-15(24-2)14(8-11)20-16-19-9-22(21-16)10-3-5-12(17)13(18)7-10/h3-9H,1-2H3,(H,20,21). The van der Waals surface area contributed by atoms with Gasteiger partial charge in [0, 0.05) is 12.1 Å². The van der Waals surface area contributed by atoms with Crippen LogP contribution in [0, 0.1) is 11.6 Å². The van der Waals surface area contributed by atoms with Gasteiger partial charge in [0.25, 0.3) is 0 Å². The van der Waals surface area contributed by atoms with Crippen LogP contribution >= 0.6 is 0 Å². The summed E-state index contributed by atoms with van der Waals surface area (Å²) < 4.78 is 38.1. The quantitative estimate of drug-likeness (QED) is 0.777. The molecule has 0 aliphatic carbocycles. The van der Waals surface area contributed by atoms with Gasteiger partial charge >= 0.3 is 0 Å². The average molecular weight is 332 g/mol. The Labute approximate surface area is 136 Å². The molecule has 0 spiro atoms. The summed E-state index contributed by atoms with van der Waals surface area (Å²) in [5, 5.41) is 7.18. The van der Waals surface area contributed by atoms with Crippen molar-refractivity contribution >= 4 is 11.6 Å². The van der Waals surface area contributed by atoms with Crippen molar-refractivity contribution in [2.24, 2.45) is 0 Å². The molecule has 1 heterocycles. The van der Waals surface area contributed by atoms with E-state index in [4.69, 9.17) is 9.47 Å². The van der Waals surface area contributed by atoms with Gasteiger partial charge in [0.2, 0.25) is 5.95 Å². The van der Waals surface area contributed by atoms with Crippen LogP contribution in [0.15, 0.2) is 42.7 Å². The van der Waals surface area contributed by atoms with Crippen LogP contribution in [0.5, 0.6) is 11.5 Å². The third-order valence-electron chi connectivity index (χ3n) is 3.31. The van der Waals surface area contributed by atoms with E-state index in [9.17, 15) is 8.78 Å². The Balaban J connectivity index is 1.87. The Morgan fingerprint density at radius 3 is 2.54 bits per heavy atom. The predicted molar refractivity (Wildman–Crippen MR) is 84.1 cm³/mol. The molecule has 0 fully saturated rings. The van der Waals surface area contributed by atoms with Crippen LogP contribution in [0.3, 0.4) is 0 Å². The molecule has 0 atom stereocenters. The van der Waals surface area contributed by atoms with Gasteiger partial charge in [-0.15, -0.1) is 5.10 Å². The Morgan fingerprint density at radius 1 is 1.00 bits per heavy atom. The molecule has 8 heteroatoms. The number of halogens is 2. The average Bonchev–Trinajstić information content (AvgIpc) is 3.05. The van der Waals surface area contributed by atoms with Gasteiger partial charge in [0.1, 0.15) is 17.8 Å². The van der Waals surface area contributed by atoms with E-state index in [0.717, 1.165) is 12.1 Å². The van der Waals surface area contributed by atoms with Gasteiger partial charge in [-0.1, -0.05) is 0 Å². The summed E-state index contributed by atoms with van der Waals surface area (Å²) in [6, 6.07) is 8.72. The molecule has 0 aliphatic rings. The largest absolute Gasteiger partial charge is 0.497 e. The van der Waals surface area contributed by atoms with Crippen molar-refractivity contribution in [3.63, 3.8) is 0 Å². The Bertz CT molecular complexity index is 867. The van der Waals surface area contributed by atoms with E-state index in [-0.39, 0.29) is 5.95 Å². The summed E-state index contributed by atoms with van der Waals surface area (Å²) in [5.41, 5.74) is 0.965. The molecule has 0 aliphatic heterocycles. The Morgan fingerprint density at radius 2 is 1.83 bits per heavy atom. The van der Waals surface area contributed by atoms with E-state index in [0.29, 0.717) is 22.9 Å². The lowest BCUT2D eigenvalue weighted by Gasteiger charge is -2.10. The van der Waals surface area contributed by atoms with Crippen LogP contribution in [0.4, 0.5) is 20.4 Å². The van der Waals surface area contributed by atoms with E-state index in [1.165, 1.54) is 17.1 Å². The van der Waals surface area contributed by atoms with Crippen LogP contribution in [0.25, 0.3) is 5.69 Å². The first-order valence-electron chi connectivity index (χ1n) is 6.97. The molecule has 3 aromatic rings. The summed E-state index contributed by atoms with van der Waals surface area (Å²) in [6.45, 7) is 0. The molecule has 0 bridgehead atoms. The number of anilines is 2. The van der Waals surface area contributed by atoms with Gasteiger partial charge in [-0.3, -0.25) is 0 Å². The number of nitrogens with zero attached hydrogens (tertiary/aromatic N) is 3. The highest BCUT2D eigenvalue weighted by molar-refractivity contribution is 5.64. The van der Waals surface area contributed by atoms with E-state index >= 15 is 0 Å². The molecule has 24 heavy (non-hydrogen) atoms. The van der Waals surface area contributed by atoms with Crippen LogP contribution < -0.4 is 14.8 Å². The zero-order valence-electron chi connectivity index (χ0n) is 13.0. The van der Waals surface area contributed by atoms with Gasteiger partial charge in [0.15, 0.2) is 11.6 Å². The van der Waals surface area contributed by atoms with Crippen molar-refractivity contribution in [2.75, 3.05) is 19.5 Å². The van der Waals surface area contributed by atoms with Gasteiger partial charge in [-0.2, -0.15) is 4.98 Å². The molecule has 1 N–H and O–H groups in total. The first-order chi connectivity index (χ1) is 11.6. The normalized spacial score (nSPS) is 10.5. The minimum Gasteiger partial charge on any atom is -0.497 e. The third-order valence-corrected chi connectivity index (χ3v) is 3.31. The summed E-state index contributed by atoms with van der Waals surface area (Å²) in [5.74, 6) is -0.380. The maximum absolute atomic E-state index is 13.3. The lowest BCUT2D eigenvalue weighted by Crippen LogP contribution is -2.00. The highest BCUT2D eigenvalue weighted by atomic mass is 19.2. The zero-order valence-corrected chi connectivity index (χ0v) is 13.0. The molecule has 0 amide bonds. The number of nitrogens with one attached hydrogen (secondary N) is 1. The molecule has 3 rings (SSSR count). The third kappa shape index (κ3) is 3.12. The van der Waals surface area contributed by atoms with Crippen LogP contribution in [0.1, 0.15) is 0 Å². The summed E-state index contributed by atoms with van der Waals surface area (Å²) in [7, 11) is 3.10. The smallest absolute Gasteiger partial charge is 0.247 e. The van der Waals surface area contributed by atoms with Crippen molar-refractivity contribution in [3.8, 4) is 17.2 Å². The lowest BCUT2D eigenvalue weighted by molar-refractivity contribution is 0.405. The second-order valence-electron chi connectivity index (χ2n) is 4.80.